The van der Waals surface area contributed by atoms with E-state index in [1.54, 1.807) is 31.4 Å². The SMILES string of the molecule is COc1ccc(/C=C2\N=C(SCc3nnc(-c4ccccc4)o3)N(c3ccc(Cl)c(OC)c3)C2=O)cc1. The van der Waals surface area contributed by atoms with Gasteiger partial charge in [0, 0.05) is 11.6 Å². The van der Waals surface area contributed by atoms with Crippen LogP contribution in [0.2, 0.25) is 5.02 Å². The first-order valence-electron chi connectivity index (χ1n) is 11.2. The molecule has 186 valence electrons. The van der Waals surface area contributed by atoms with Gasteiger partial charge in [-0.2, -0.15) is 0 Å². The fourth-order valence-electron chi connectivity index (χ4n) is 3.60. The summed E-state index contributed by atoms with van der Waals surface area (Å²) in [7, 11) is 3.13. The maximum absolute atomic E-state index is 13.5. The van der Waals surface area contributed by atoms with E-state index in [9.17, 15) is 4.79 Å². The lowest BCUT2D eigenvalue weighted by Gasteiger charge is -2.18. The first-order valence-corrected chi connectivity index (χ1v) is 12.5. The maximum Gasteiger partial charge on any atom is 0.283 e. The minimum atomic E-state index is -0.279. The Labute approximate surface area is 222 Å². The van der Waals surface area contributed by atoms with Crippen molar-refractivity contribution in [3.8, 4) is 23.0 Å². The summed E-state index contributed by atoms with van der Waals surface area (Å²) in [5, 5.41) is 9.20. The number of hydrogen-bond donors (Lipinski definition) is 0. The summed E-state index contributed by atoms with van der Waals surface area (Å²) in [4.78, 5) is 19.7. The van der Waals surface area contributed by atoms with Crippen LogP contribution in [0.15, 0.2) is 87.9 Å². The second-order valence-corrected chi connectivity index (χ2v) is 9.16. The van der Waals surface area contributed by atoms with Crippen LogP contribution in [0.5, 0.6) is 11.5 Å². The van der Waals surface area contributed by atoms with Gasteiger partial charge in [-0.3, -0.25) is 9.69 Å². The molecule has 0 bridgehead atoms. The van der Waals surface area contributed by atoms with Gasteiger partial charge in [0.1, 0.15) is 17.2 Å². The molecule has 1 aliphatic rings. The summed E-state index contributed by atoms with van der Waals surface area (Å²) >= 11 is 7.53. The first kappa shape index (κ1) is 24.6. The summed E-state index contributed by atoms with van der Waals surface area (Å²) in [5.41, 5.74) is 2.51. The number of thioether (sulfide) groups is 1. The van der Waals surface area contributed by atoms with Gasteiger partial charge in [-0.1, -0.05) is 53.7 Å². The maximum atomic E-state index is 13.5. The molecule has 1 aromatic heterocycles. The number of amidine groups is 1. The standard InChI is InChI=1S/C27H21ClN4O4S/c1-34-20-11-8-17(9-12-20)14-22-26(33)32(19-10-13-21(28)23(15-19)35-2)27(29-22)37-16-24-30-31-25(36-24)18-6-4-3-5-7-18/h3-15H,16H2,1-2H3/b22-14-. The van der Waals surface area contributed by atoms with Crippen LogP contribution in [0.1, 0.15) is 11.5 Å². The molecule has 0 unspecified atom stereocenters. The van der Waals surface area contributed by atoms with E-state index in [0.29, 0.717) is 39.2 Å². The lowest BCUT2D eigenvalue weighted by molar-refractivity contribution is -0.113. The fourth-order valence-corrected chi connectivity index (χ4v) is 4.65. The molecule has 0 saturated carbocycles. The minimum absolute atomic E-state index is 0.279. The number of anilines is 1. The Morgan fingerprint density at radius 3 is 2.51 bits per heavy atom. The number of halogens is 1. The highest BCUT2D eigenvalue weighted by Gasteiger charge is 2.33. The molecule has 10 heteroatoms. The van der Waals surface area contributed by atoms with Crippen molar-refractivity contribution in [3.63, 3.8) is 0 Å². The predicted octanol–water partition coefficient (Wildman–Crippen LogP) is 6.08. The van der Waals surface area contributed by atoms with Gasteiger partial charge >= 0.3 is 0 Å². The molecule has 5 rings (SSSR count). The Kier molecular flexibility index (Phi) is 7.25. The van der Waals surface area contributed by atoms with Crippen molar-refractivity contribution in [1.29, 1.82) is 0 Å². The number of ether oxygens (including phenoxy) is 2. The number of rotatable bonds is 7. The van der Waals surface area contributed by atoms with Crippen LogP contribution in [-0.4, -0.2) is 35.5 Å². The molecule has 0 radical (unpaired) electrons. The number of hydrogen-bond acceptors (Lipinski definition) is 8. The smallest absolute Gasteiger partial charge is 0.283 e. The van der Waals surface area contributed by atoms with Gasteiger partial charge < -0.3 is 13.9 Å². The molecule has 1 amide bonds. The van der Waals surface area contributed by atoms with Crippen LogP contribution in [0.4, 0.5) is 5.69 Å². The van der Waals surface area contributed by atoms with Gasteiger partial charge in [0.15, 0.2) is 5.17 Å². The Bertz CT molecular complexity index is 1490. The van der Waals surface area contributed by atoms with Crippen LogP contribution >= 0.6 is 23.4 Å². The number of carbonyl (C=O) groups is 1. The van der Waals surface area contributed by atoms with E-state index in [-0.39, 0.29) is 11.6 Å². The molecule has 4 aromatic rings. The first-order chi connectivity index (χ1) is 18.1. The molecule has 2 heterocycles. The van der Waals surface area contributed by atoms with Gasteiger partial charge in [-0.25, -0.2) is 4.99 Å². The second-order valence-electron chi connectivity index (χ2n) is 7.81. The second kappa shape index (κ2) is 10.9. The van der Waals surface area contributed by atoms with Crippen molar-refractivity contribution in [2.24, 2.45) is 4.99 Å². The van der Waals surface area contributed by atoms with E-state index in [2.05, 4.69) is 15.2 Å². The number of benzene rings is 3. The van der Waals surface area contributed by atoms with Gasteiger partial charge in [-0.15, -0.1) is 10.2 Å². The number of aromatic nitrogens is 2. The topological polar surface area (TPSA) is 90.1 Å². The normalized spacial score (nSPS) is 14.2. The highest BCUT2D eigenvalue weighted by atomic mass is 35.5. The highest BCUT2D eigenvalue weighted by molar-refractivity contribution is 8.13. The average Bonchev–Trinajstić information content (AvgIpc) is 3.53. The summed E-state index contributed by atoms with van der Waals surface area (Å²) in [6, 6.07) is 22.0. The Morgan fingerprint density at radius 1 is 1.00 bits per heavy atom. The van der Waals surface area contributed by atoms with Gasteiger partial charge in [0.25, 0.3) is 5.91 Å². The van der Waals surface area contributed by atoms with E-state index in [1.807, 2.05) is 54.6 Å². The monoisotopic (exact) mass is 532 g/mol. The van der Waals surface area contributed by atoms with Crippen LogP contribution in [0.3, 0.4) is 0 Å². The van der Waals surface area contributed by atoms with E-state index >= 15 is 0 Å². The average molecular weight is 533 g/mol. The Hall–Kier alpha value is -4.08. The molecule has 0 N–H and O–H groups in total. The van der Waals surface area contributed by atoms with E-state index in [0.717, 1.165) is 16.9 Å². The van der Waals surface area contributed by atoms with Crippen molar-refractivity contribution in [2.75, 3.05) is 19.1 Å². The van der Waals surface area contributed by atoms with Crippen molar-refractivity contribution in [2.45, 2.75) is 5.75 Å². The van der Waals surface area contributed by atoms with Crippen LogP contribution < -0.4 is 14.4 Å². The summed E-state index contributed by atoms with van der Waals surface area (Å²) in [6.07, 6.45) is 1.73. The molecular weight excluding hydrogens is 512 g/mol. The molecule has 0 saturated heterocycles. The van der Waals surface area contributed by atoms with Crippen LogP contribution in [0, 0.1) is 0 Å². The van der Waals surface area contributed by atoms with Crippen molar-refractivity contribution >= 4 is 46.2 Å². The third-order valence-electron chi connectivity index (χ3n) is 5.45. The highest BCUT2D eigenvalue weighted by Crippen LogP contribution is 2.35. The molecule has 0 aliphatic carbocycles. The molecule has 8 nitrogen and oxygen atoms in total. The zero-order chi connectivity index (χ0) is 25.8. The molecule has 0 atom stereocenters. The fraction of sp³-hybridized carbons (Fsp3) is 0.111. The van der Waals surface area contributed by atoms with Crippen LogP contribution in [-0.2, 0) is 10.5 Å². The number of carbonyl (C=O) groups excluding carboxylic acids is 1. The summed E-state index contributed by atoms with van der Waals surface area (Å²) in [6.45, 7) is 0. The Balaban J connectivity index is 1.44. The third kappa shape index (κ3) is 5.37. The molecule has 0 spiro atoms. The van der Waals surface area contributed by atoms with Gasteiger partial charge in [-0.05, 0) is 48.0 Å². The third-order valence-corrected chi connectivity index (χ3v) is 6.69. The van der Waals surface area contributed by atoms with E-state index in [4.69, 9.17) is 25.5 Å². The molecule has 37 heavy (non-hydrogen) atoms. The number of nitrogens with zero attached hydrogens (tertiary/aromatic N) is 4. The minimum Gasteiger partial charge on any atom is -0.497 e. The van der Waals surface area contributed by atoms with E-state index < -0.39 is 0 Å². The van der Waals surface area contributed by atoms with Gasteiger partial charge in [0.05, 0.1) is 30.7 Å². The Morgan fingerprint density at radius 2 is 1.78 bits per heavy atom. The number of methoxy groups -OCH3 is 2. The lowest BCUT2D eigenvalue weighted by atomic mass is 10.2. The quantitative estimate of drug-likeness (QED) is 0.266. The zero-order valence-electron chi connectivity index (χ0n) is 19.9. The number of aliphatic imine (C=N–C) groups is 1. The predicted molar refractivity (Wildman–Crippen MR) is 145 cm³/mol. The molecule has 3 aromatic carbocycles. The summed E-state index contributed by atoms with van der Waals surface area (Å²) in [5.74, 6) is 2.07. The van der Waals surface area contributed by atoms with Crippen molar-refractivity contribution in [1.82, 2.24) is 10.2 Å². The van der Waals surface area contributed by atoms with Crippen molar-refractivity contribution < 1.29 is 18.7 Å². The van der Waals surface area contributed by atoms with E-state index in [1.165, 1.54) is 23.8 Å². The number of amides is 1. The molecule has 0 fully saturated rings. The molecule has 1 aliphatic heterocycles. The zero-order valence-corrected chi connectivity index (χ0v) is 21.5. The van der Waals surface area contributed by atoms with Crippen LogP contribution in [0.25, 0.3) is 17.5 Å². The summed E-state index contributed by atoms with van der Waals surface area (Å²) < 4.78 is 16.4. The largest absolute Gasteiger partial charge is 0.497 e. The molecular formula is C27H21ClN4O4S. The van der Waals surface area contributed by atoms with Gasteiger partial charge in [0.2, 0.25) is 11.8 Å². The lowest BCUT2D eigenvalue weighted by Crippen LogP contribution is -2.30. The van der Waals surface area contributed by atoms with Crippen molar-refractivity contribution in [3.05, 3.63) is 95.0 Å².